The highest BCUT2D eigenvalue weighted by Crippen LogP contribution is 2.24. The topological polar surface area (TPSA) is 92.6 Å². The van der Waals surface area contributed by atoms with Crippen LogP contribution in [0, 0.1) is 0 Å². The Morgan fingerprint density at radius 1 is 1.44 bits per heavy atom. The maximum absolute atomic E-state index is 11.4. The van der Waals surface area contributed by atoms with Crippen LogP contribution >= 0.6 is 0 Å². The van der Waals surface area contributed by atoms with Crippen LogP contribution in [-0.2, 0) is 0 Å². The molecule has 0 saturated carbocycles. The predicted octanol–water partition coefficient (Wildman–Crippen LogP) is 0.965. The Balaban J connectivity index is 3.17. The first-order valence-corrected chi connectivity index (χ1v) is 5.91. The van der Waals surface area contributed by atoms with E-state index in [9.17, 15) is 9.90 Å². The van der Waals surface area contributed by atoms with Crippen LogP contribution < -0.4 is 16.4 Å². The molecule has 0 aromatic heterocycles. The van der Waals surface area contributed by atoms with Crippen molar-refractivity contribution in [2.45, 2.75) is 26.4 Å². The summed E-state index contributed by atoms with van der Waals surface area (Å²) in [5.74, 6) is -0.522. The number of anilines is 2. The van der Waals surface area contributed by atoms with Crippen molar-refractivity contribution in [3.8, 4) is 0 Å². The zero-order valence-corrected chi connectivity index (χ0v) is 11.1. The molecule has 0 aliphatic rings. The summed E-state index contributed by atoms with van der Waals surface area (Å²) in [5.41, 5.74) is 11.7. The van der Waals surface area contributed by atoms with Crippen LogP contribution in [0.25, 0.3) is 0 Å². The molecule has 5 N–H and O–H groups in total. The number of nitrogens with two attached hydrogens (primary N) is 2. The quantitative estimate of drug-likeness (QED) is 0.680. The van der Waals surface area contributed by atoms with Crippen molar-refractivity contribution >= 4 is 17.3 Å². The standard InChI is InChI=1S/C13H21N3O2/c1-4-16(8-13(2,3)18)11-6-5-9(14)7-10(11)12(15)17/h5-7,18H,4,8,14H2,1-3H3,(H2,15,17). The molecule has 0 unspecified atom stereocenters. The van der Waals surface area contributed by atoms with E-state index in [2.05, 4.69) is 0 Å². The minimum absolute atomic E-state index is 0.376. The molecule has 0 fully saturated rings. The van der Waals surface area contributed by atoms with E-state index in [0.717, 1.165) is 0 Å². The van der Waals surface area contributed by atoms with Gasteiger partial charge in [0.15, 0.2) is 0 Å². The van der Waals surface area contributed by atoms with Crippen molar-refractivity contribution in [1.82, 2.24) is 0 Å². The minimum Gasteiger partial charge on any atom is -0.399 e. The summed E-state index contributed by atoms with van der Waals surface area (Å²) in [5, 5.41) is 9.88. The molecule has 0 radical (unpaired) electrons. The first-order chi connectivity index (χ1) is 8.24. The number of amides is 1. The molecule has 0 atom stereocenters. The lowest BCUT2D eigenvalue weighted by atomic mass is 10.1. The second-order valence-corrected chi connectivity index (χ2v) is 4.97. The Labute approximate surface area is 107 Å². The highest BCUT2D eigenvalue weighted by Gasteiger charge is 2.21. The number of benzene rings is 1. The number of primary amides is 1. The Kier molecular flexibility index (Phi) is 4.19. The van der Waals surface area contributed by atoms with Gasteiger partial charge in [0.05, 0.1) is 11.2 Å². The van der Waals surface area contributed by atoms with Crippen LogP contribution in [0.2, 0.25) is 0 Å². The molecular weight excluding hydrogens is 230 g/mol. The van der Waals surface area contributed by atoms with Gasteiger partial charge in [-0.1, -0.05) is 0 Å². The van der Waals surface area contributed by atoms with Crippen LogP contribution in [0.3, 0.4) is 0 Å². The fourth-order valence-electron chi connectivity index (χ4n) is 1.86. The van der Waals surface area contributed by atoms with Crippen molar-refractivity contribution in [3.05, 3.63) is 23.8 Å². The van der Waals surface area contributed by atoms with Gasteiger partial charge in [-0.15, -0.1) is 0 Å². The normalized spacial score (nSPS) is 11.3. The van der Waals surface area contributed by atoms with E-state index in [4.69, 9.17) is 11.5 Å². The number of hydrogen-bond acceptors (Lipinski definition) is 4. The number of carbonyl (C=O) groups excluding carboxylic acids is 1. The number of aliphatic hydroxyl groups is 1. The fraction of sp³-hybridized carbons (Fsp3) is 0.462. The van der Waals surface area contributed by atoms with Gasteiger partial charge in [-0.2, -0.15) is 0 Å². The summed E-state index contributed by atoms with van der Waals surface area (Å²) in [6.45, 7) is 6.46. The van der Waals surface area contributed by atoms with E-state index in [1.807, 2.05) is 11.8 Å². The van der Waals surface area contributed by atoms with E-state index in [0.29, 0.717) is 30.0 Å². The van der Waals surface area contributed by atoms with Gasteiger partial charge in [0.25, 0.3) is 5.91 Å². The van der Waals surface area contributed by atoms with Gasteiger partial charge in [0.2, 0.25) is 0 Å². The summed E-state index contributed by atoms with van der Waals surface area (Å²) < 4.78 is 0. The largest absolute Gasteiger partial charge is 0.399 e. The summed E-state index contributed by atoms with van der Waals surface area (Å²) in [6.07, 6.45) is 0. The number of nitrogens with zero attached hydrogens (tertiary/aromatic N) is 1. The summed E-state index contributed by atoms with van der Waals surface area (Å²) in [4.78, 5) is 13.3. The van der Waals surface area contributed by atoms with Crippen LogP contribution in [0.4, 0.5) is 11.4 Å². The van der Waals surface area contributed by atoms with Crippen molar-refractivity contribution < 1.29 is 9.90 Å². The Hall–Kier alpha value is -1.75. The zero-order valence-electron chi connectivity index (χ0n) is 11.1. The van der Waals surface area contributed by atoms with Crippen molar-refractivity contribution in [2.75, 3.05) is 23.7 Å². The van der Waals surface area contributed by atoms with Crippen LogP contribution in [0.5, 0.6) is 0 Å². The van der Waals surface area contributed by atoms with E-state index < -0.39 is 11.5 Å². The molecule has 1 aromatic rings. The van der Waals surface area contributed by atoms with Gasteiger partial charge < -0.3 is 21.5 Å². The van der Waals surface area contributed by atoms with Crippen molar-refractivity contribution in [2.24, 2.45) is 5.73 Å². The highest BCUT2D eigenvalue weighted by atomic mass is 16.3. The van der Waals surface area contributed by atoms with E-state index >= 15 is 0 Å². The molecule has 0 bridgehead atoms. The number of carbonyl (C=O) groups is 1. The minimum atomic E-state index is -0.855. The second-order valence-electron chi connectivity index (χ2n) is 4.97. The molecule has 0 heterocycles. The summed E-state index contributed by atoms with van der Waals surface area (Å²) in [6, 6.07) is 5.03. The number of hydrogen-bond donors (Lipinski definition) is 3. The van der Waals surface area contributed by atoms with Crippen LogP contribution in [0.15, 0.2) is 18.2 Å². The zero-order chi connectivity index (χ0) is 13.9. The number of rotatable bonds is 5. The van der Waals surface area contributed by atoms with E-state index in [1.54, 1.807) is 32.0 Å². The third-order valence-electron chi connectivity index (χ3n) is 2.59. The molecule has 1 aromatic carbocycles. The maximum atomic E-state index is 11.4. The molecule has 5 heteroatoms. The average molecular weight is 251 g/mol. The molecule has 5 nitrogen and oxygen atoms in total. The van der Waals surface area contributed by atoms with Crippen molar-refractivity contribution in [1.29, 1.82) is 0 Å². The summed E-state index contributed by atoms with van der Waals surface area (Å²) >= 11 is 0. The summed E-state index contributed by atoms with van der Waals surface area (Å²) in [7, 11) is 0. The second kappa shape index (κ2) is 5.27. The van der Waals surface area contributed by atoms with Gasteiger partial charge in [-0.25, -0.2) is 0 Å². The molecule has 0 saturated heterocycles. The molecule has 0 spiro atoms. The highest BCUT2D eigenvalue weighted by molar-refractivity contribution is 5.99. The molecular formula is C13H21N3O2. The number of likely N-dealkylation sites (N-methyl/N-ethyl adjacent to an activating group) is 1. The lowest BCUT2D eigenvalue weighted by Gasteiger charge is -2.31. The first kappa shape index (κ1) is 14.3. The molecule has 1 amide bonds. The van der Waals surface area contributed by atoms with Crippen LogP contribution in [-0.4, -0.2) is 29.7 Å². The Bertz CT molecular complexity index is 438. The molecule has 0 aliphatic heterocycles. The molecule has 1 rings (SSSR count). The predicted molar refractivity (Wildman–Crippen MR) is 73.6 cm³/mol. The van der Waals surface area contributed by atoms with Gasteiger partial charge in [0, 0.05) is 24.5 Å². The lowest BCUT2D eigenvalue weighted by Crippen LogP contribution is -2.39. The molecule has 18 heavy (non-hydrogen) atoms. The third-order valence-corrected chi connectivity index (χ3v) is 2.59. The van der Waals surface area contributed by atoms with Crippen LogP contribution in [0.1, 0.15) is 31.1 Å². The lowest BCUT2D eigenvalue weighted by molar-refractivity contribution is 0.0872. The molecule has 100 valence electrons. The van der Waals surface area contributed by atoms with Gasteiger partial charge in [0.1, 0.15) is 0 Å². The molecule has 0 aliphatic carbocycles. The SMILES string of the molecule is CCN(CC(C)(C)O)c1ccc(N)cc1C(N)=O. The smallest absolute Gasteiger partial charge is 0.250 e. The maximum Gasteiger partial charge on any atom is 0.250 e. The Morgan fingerprint density at radius 3 is 2.50 bits per heavy atom. The van der Waals surface area contributed by atoms with E-state index in [-0.39, 0.29) is 0 Å². The average Bonchev–Trinajstić information content (AvgIpc) is 2.24. The van der Waals surface area contributed by atoms with Gasteiger partial charge >= 0.3 is 0 Å². The number of nitrogen functional groups attached to an aromatic ring is 1. The fourth-order valence-corrected chi connectivity index (χ4v) is 1.86. The van der Waals surface area contributed by atoms with Crippen molar-refractivity contribution in [3.63, 3.8) is 0 Å². The Morgan fingerprint density at radius 2 is 2.06 bits per heavy atom. The van der Waals surface area contributed by atoms with Gasteiger partial charge in [-0.05, 0) is 39.0 Å². The monoisotopic (exact) mass is 251 g/mol. The van der Waals surface area contributed by atoms with E-state index in [1.165, 1.54) is 0 Å². The third kappa shape index (κ3) is 3.63. The van der Waals surface area contributed by atoms with Gasteiger partial charge in [-0.3, -0.25) is 4.79 Å². The first-order valence-electron chi connectivity index (χ1n) is 5.91.